The van der Waals surface area contributed by atoms with Crippen LogP contribution >= 0.6 is 27.3 Å². The van der Waals surface area contributed by atoms with Crippen molar-refractivity contribution in [3.05, 3.63) is 80.1 Å². The van der Waals surface area contributed by atoms with Crippen molar-refractivity contribution in [2.75, 3.05) is 5.32 Å². The molecule has 0 bridgehead atoms. The molecule has 0 unspecified atom stereocenters. The van der Waals surface area contributed by atoms with E-state index in [4.69, 9.17) is 0 Å². The van der Waals surface area contributed by atoms with E-state index in [0.717, 1.165) is 26.9 Å². The minimum atomic E-state index is -0.264. The summed E-state index contributed by atoms with van der Waals surface area (Å²) in [5.41, 5.74) is 3.54. The fourth-order valence-corrected chi connectivity index (χ4v) is 4.66. The van der Waals surface area contributed by atoms with Gasteiger partial charge in [-0.15, -0.1) is 11.3 Å². The summed E-state index contributed by atoms with van der Waals surface area (Å²) in [7, 11) is 0. The Hall–Kier alpha value is -2.77. The van der Waals surface area contributed by atoms with Crippen molar-refractivity contribution in [2.24, 2.45) is 0 Å². The van der Waals surface area contributed by atoms with E-state index < -0.39 is 0 Å². The minimum absolute atomic E-state index is 0.0913. The van der Waals surface area contributed by atoms with Crippen molar-refractivity contribution in [2.45, 2.75) is 26.8 Å². The number of hydrogen-bond acceptors (Lipinski definition) is 4. The summed E-state index contributed by atoms with van der Waals surface area (Å²) in [6.07, 6.45) is 2.39. The number of nitrogens with zero attached hydrogens (tertiary/aromatic N) is 2. The van der Waals surface area contributed by atoms with Crippen LogP contribution in [-0.4, -0.2) is 15.5 Å². The third-order valence-electron chi connectivity index (χ3n) is 4.95. The van der Waals surface area contributed by atoms with Crippen molar-refractivity contribution >= 4 is 49.1 Å². The third-order valence-corrected chi connectivity index (χ3v) is 6.49. The quantitative estimate of drug-likeness (QED) is 0.415. The number of rotatable bonds is 5. The monoisotopic (exact) mass is 481 g/mol. The van der Waals surface area contributed by atoms with Gasteiger partial charge in [0.25, 0.3) is 5.56 Å². The molecule has 0 aliphatic carbocycles. The van der Waals surface area contributed by atoms with Gasteiger partial charge in [-0.1, -0.05) is 47.1 Å². The molecule has 4 rings (SSSR count). The first-order valence-corrected chi connectivity index (χ1v) is 11.2. The maximum absolute atomic E-state index is 13.2. The number of hydrogen-bond donors (Lipinski definition) is 1. The Morgan fingerprint density at radius 1 is 1.13 bits per heavy atom. The number of carbonyl (C=O) groups excluding carboxylic acids is 1. The van der Waals surface area contributed by atoms with Crippen molar-refractivity contribution in [3.63, 3.8) is 0 Å². The first kappa shape index (κ1) is 20.5. The van der Waals surface area contributed by atoms with E-state index in [9.17, 15) is 9.59 Å². The highest BCUT2D eigenvalue weighted by molar-refractivity contribution is 9.10. The van der Waals surface area contributed by atoms with Crippen molar-refractivity contribution in [1.82, 2.24) is 9.55 Å². The van der Waals surface area contributed by atoms with Crippen LogP contribution in [0.2, 0.25) is 0 Å². The number of anilines is 1. The standard InChI is InChI=1S/C23H20BrN3O2S/c1-3-15-4-10-18(11-5-15)26-19(28)12-27-13-25-22-21(23(27)29)20(14(2)30-22)16-6-8-17(24)9-7-16/h4-11,13H,3,12H2,1-2H3,(H,26,28). The average molecular weight is 482 g/mol. The molecule has 1 N–H and O–H groups in total. The van der Waals surface area contributed by atoms with E-state index >= 15 is 0 Å². The lowest BCUT2D eigenvalue weighted by atomic mass is 10.0. The second-order valence-electron chi connectivity index (χ2n) is 7.00. The summed E-state index contributed by atoms with van der Waals surface area (Å²) >= 11 is 4.93. The Labute approximate surface area is 186 Å². The van der Waals surface area contributed by atoms with Gasteiger partial charge in [0.05, 0.1) is 11.7 Å². The van der Waals surface area contributed by atoms with Crippen LogP contribution in [0.4, 0.5) is 5.69 Å². The molecule has 0 atom stereocenters. The molecule has 152 valence electrons. The Balaban J connectivity index is 1.65. The van der Waals surface area contributed by atoms with Crippen molar-refractivity contribution < 1.29 is 4.79 Å². The van der Waals surface area contributed by atoms with Crippen molar-refractivity contribution in [1.29, 1.82) is 0 Å². The SMILES string of the molecule is CCc1ccc(NC(=O)Cn2cnc3sc(C)c(-c4ccc(Br)cc4)c3c2=O)cc1. The molecule has 4 aromatic rings. The number of halogens is 1. The van der Waals surface area contributed by atoms with Gasteiger partial charge >= 0.3 is 0 Å². The van der Waals surface area contributed by atoms with E-state index in [1.807, 2.05) is 55.5 Å². The van der Waals surface area contributed by atoms with E-state index in [0.29, 0.717) is 15.9 Å². The van der Waals surface area contributed by atoms with Crippen LogP contribution in [0.5, 0.6) is 0 Å². The molecular formula is C23H20BrN3O2S. The number of benzene rings is 2. The summed E-state index contributed by atoms with van der Waals surface area (Å²) in [5.74, 6) is -0.264. The van der Waals surface area contributed by atoms with Crippen LogP contribution in [0.15, 0.2) is 64.1 Å². The Morgan fingerprint density at radius 2 is 1.83 bits per heavy atom. The second-order valence-corrected chi connectivity index (χ2v) is 9.12. The van der Waals surface area contributed by atoms with Gasteiger partial charge < -0.3 is 5.32 Å². The molecule has 7 heteroatoms. The fraction of sp³-hybridized carbons (Fsp3) is 0.174. The van der Waals surface area contributed by atoms with Gasteiger partial charge in [-0.05, 0) is 48.7 Å². The third kappa shape index (κ3) is 4.08. The minimum Gasteiger partial charge on any atom is -0.325 e. The molecule has 0 saturated carbocycles. The molecule has 30 heavy (non-hydrogen) atoms. The maximum atomic E-state index is 13.2. The zero-order valence-corrected chi connectivity index (χ0v) is 19.0. The van der Waals surface area contributed by atoms with Crippen LogP contribution < -0.4 is 10.9 Å². The van der Waals surface area contributed by atoms with Crippen LogP contribution in [0.1, 0.15) is 17.4 Å². The predicted molar refractivity (Wildman–Crippen MR) is 126 cm³/mol. The second kappa shape index (κ2) is 8.53. The van der Waals surface area contributed by atoms with Gasteiger partial charge in [0.2, 0.25) is 5.91 Å². The number of amides is 1. The molecule has 2 aromatic carbocycles. The normalized spacial score (nSPS) is 11.0. The average Bonchev–Trinajstić information content (AvgIpc) is 3.08. The van der Waals surface area contributed by atoms with Gasteiger partial charge in [0.1, 0.15) is 11.4 Å². The molecule has 2 aromatic heterocycles. The van der Waals surface area contributed by atoms with E-state index in [-0.39, 0.29) is 18.0 Å². The van der Waals surface area contributed by atoms with E-state index in [1.54, 1.807) is 0 Å². The number of thiophene rings is 1. The lowest BCUT2D eigenvalue weighted by Crippen LogP contribution is -2.27. The molecule has 0 fully saturated rings. The number of nitrogens with one attached hydrogen (secondary N) is 1. The molecule has 0 aliphatic heterocycles. The highest BCUT2D eigenvalue weighted by Gasteiger charge is 2.18. The molecule has 5 nitrogen and oxygen atoms in total. The Kier molecular flexibility index (Phi) is 5.83. The smallest absolute Gasteiger partial charge is 0.263 e. The molecule has 0 saturated heterocycles. The molecule has 0 spiro atoms. The summed E-state index contributed by atoms with van der Waals surface area (Å²) in [4.78, 5) is 31.9. The lowest BCUT2D eigenvalue weighted by molar-refractivity contribution is -0.116. The zero-order valence-electron chi connectivity index (χ0n) is 16.6. The zero-order chi connectivity index (χ0) is 21.3. The molecule has 1 amide bonds. The van der Waals surface area contributed by atoms with Gasteiger partial charge in [0, 0.05) is 20.6 Å². The summed E-state index contributed by atoms with van der Waals surface area (Å²) in [6, 6.07) is 15.5. The Bertz CT molecular complexity index is 1280. The first-order chi connectivity index (χ1) is 14.5. The van der Waals surface area contributed by atoms with Gasteiger partial charge in [-0.2, -0.15) is 0 Å². The number of aryl methyl sites for hydroxylation is 2. The van der Waals surface area contributed by atoms with Gasteiger partial charge in [-0.25, -0.2) is 4.98 Å². The summed E-state index contributed by atoms with van der Waals surface area (Å²) in [5, 5.41) is 3.40. The Morgan fingerprint density at radius 3 is 2.50 bits per heavy atom. The number of aromatic nitrogens is 2. The largest absolute Gasteiger partial charge is 0.325 e. The number of fused-ring (bicyclic) bond motifs is 1. The molecular weight excluding hydrogens is 462 g/mol. The van der Waals surface area contributed by atoms with E-state index in [1.165, 1.54) is 27.8 Å². The number of carbonyl (C=O) groups is 1. The summed E-state index contributed by atoms with van der Waals surface area (Å²) < 4.78 is 2.34. The topological polar surface area (TPSA) is 64.0 Å². The van der Waals surface area contributed by atoms with E-state index in [2.05, 4.69) is 33.2 Å². The van der Waals surface area contributed by atoms with Crippen molar-refractivity contribution in [3.8, 4) is 11.1 Å². The van der Waals surface area contributed by atoms with Crippen LogP contribution in [0, 0.1) is 6.92 Å². The molecule has 2 heterocycles. The predicted octanol–water partition coefficient (Wildman–Crippen LogP) is 5.40. The highest BCUT2D eigenvalue weighted by atomic mass is 79.9. The van der Waals surface area contributed by atoms with Gasteiger partial charge in [0.15, 0.2) is 0 Å². The lowest BCUT2D eigenvalue weighted by Gasteiger charge is -2.08. The van der Waals surface area contributed by atoms with Crippen LogP contribution in [-0.2, 0) is 17.8 Å². The fourth-order valence-electron chi connectivity index (χ4n) is 3.39. The molecule has 0 aliphatic rings. The van der Waals surface area contributed by atoms with Crippen LogP contribution in [0.3, 0.4) is 0 Å². The summed E-state index contributed by atoms with van der Waals surface area (Å²) in [6.45, 7) is 3.98. The highest BCUT2D eigenvalue weighted by Crippen LogP contribution is 2.35. The van der Waals surface area contributed by atoms with Crippen LogP contribution in [0.25, 0.3) is 21.3 Å². The maximum Gasteiger partial charge on any atom is 0.263 e. The van der Waals surface area contributed by atoms with Gasteiger partial charge in [-0.3, -0.25) is 14.2 Å². The molecule has 0 radical (unpaired) electrons. The first-order valence-electron chi connectivity index (χ1n) is 9.59.